The molecule has 0 aromatic carbocycles. The molecule has 0 radical (unpaired) electrons. The normalized spacial score (nSPS) is 10.3. The van der Waals surface area contributed by atoms with Gasteiger partial charge in [-0.25, -0.2) is 4.98 Å². The summed E-state index contributed by atoms with van der Waals surface area (Å²) in [5, 5.41) is 15.1. The lowest BCUT2D eigenvalue weighted by atomic mass is 10.5. The molecule has 0 spiro atoms. The van der Waals surface area contributed by atoms with Crippen LogP contribution in [-0.4, -0.2) is 46.3 Å². The zero-order valence-corrected chi connectivity index (χ0v) is 11.7. The fourth-order valence-corrected chi connectivity index (χ4v) is 2.09. The Kier molecular flexibility index (Phi) is 8.33. The van der Waals surface area contributed by atoms with E-state index in [4.69, 9.17) is 5.11 Å². The molecule has 1 aromatic heterocycles. The minimum absolute atomic E-state index is 0.275. The van der Waals surface area contributed by atoms with Crippen molar-refractivity contribution in [3.05, 3.63) is 12.4 Å². The Morgan fingerprint density at radius 2 is 1.89 bits per heavy atom. The Morgan fingerprint density at radius 1 is 1.17 bits per heavy atom. The number of hydrogen-bond acceptors (Lipinski definition) is 6. The van der Waals surface area contributed by atoms with Gasteiger partial charge in [0.05, 0.1) is 12.4 Å². The maximum atomic E-state index is 8.65. The van der Waals surface area contributed by atoms with Gasteiger partial charge >= 0.3 is 0 Å². The van der Waals surface area contributed by atoms with Crippen LogP contribution in [0.2, 0.25) is 0 Å². The average Bonchev–Trinajstić information content (AvgIpc) is 2.41. The lowest BCUT2D eigenvalue weighted by Gasteiger charge is -2.07. The highest BCUT2D eigenvalue weighted by Gasteiger charge is 1.97. The van der Waals surface area contributed by atoms with Crippen molar-refractivity contribution in [2.45, 2.75) is 19.8 Å². The van der Waals surface area contributed by atoms with Crippen LogP contribution in [0.25, 0.3) is 0 Å². The van der Waals surface area contributed by atoms with Gasteiger partial charge in [-0.2, -0.15) is 11.8 Å². The van der Waals surface area contributed by atoms with Crippen molar-refractivity contribution in [2.24, 2.45) is 0 Å². The Hall–Kier alpha value is -1.01. The summed E-state index contributed by atoms with van der Waals surface area (Å²) >= 11 is 1.83. The lowest BCUT2D eigenvalue weighted by molar-refractivity contribution is 0.296. The van der Waals surface area contributed by atoms with Gasteiger partial charge in [0.2, 0.25) is 0 Å². The molecule has 0 bridgehead atoms. The molecule has 1 heterocycles. The van der Waals surface area contributed by atoms with Crippen molar-refractivity contribution < 1.29 is 5.11 Å². The zero-order valence-electron chi connectivity index (χ0n) is 10.9. The second kappa shape index (κ2) is 9.96. The number of thioether (sulfide) groups is 1. The molecule has 0 aliphatic carbocycles. The van der Waals surface area contributed by atoms with E-state index >= 15 is 0 Å². The van der Waals surface area contributed by atoms with Gasteiger partial charge in [0.15, 0.2) is 0 Å². The van der Waals surface area contributed by atoms with Crippen molar-refractivity contribution in [3.63, 3.8) is 0 Å². The smallest absolute Gasteiger partial charge is 0.146 e. The molecule has 1 rings (SSSR count). The van der Waals surface area contributed by atoms with E-state index in [9.17, 15) is 0 Å². The van der Waals surface area contributed by atoms with Crippen LogP contribution in [0.3, 0.4) is 0 Å². The van der Waals surface area contributed by atoms with Crippen molar-refractivity contribution in [3.8, 4) is 0 Å². The molecule has 5 nitrogen and oxygen atoms in total. The van der Waals surface area contributed by atoms with Crippen LogP contribution in [-0.2, 0) is 0 Å². The number of aromatic nitrogens is 2. The first-order valence-corrected chi connectivity index (χ1v) is 7.50. The van der Waals surface area contributed by atoms with Crippen LogP contribution in [0.4, 0.5) is 11.6 Å². The number of rotatable bonds is 10. The first-order valence-electron chi connectivity index (χ1n) is 6.35. The molecule has 0 saturated heterocycles. The van der Waals surface area contributed by atoms with Gasteiger partial charge < -0.3 is 15.7 Å². The first kappa shape index (κ1) is 15.0. The Morgan fingerprint density at radius 3 is 2.56 bits per heavy atom. The first-order chi connectivity index (χ1) is 8.86. The largest absolute Gasteiger partial charge is 0.396 e. The third kappa shape index (κ3) is 6.66. The van der Waals surface area contributed by atoms with Crippen LogP contribution in [0, 0.1) is 0 Å². The third-order valence-corrected chi connectivity index (χ3v) is 3.26. The van der Waals surface area contributed by atoms with Gasteiger partial charge in [-0.1, -0.05) is 6.92 Å². The molecule has 0 unspecified atom stereocenters. The van der Waals surface area contributed by atoms with E-state index in [1.807, 2.05) is 11.8 Å². The molecule has 3 N–H and O–H groups in total. The number of hydrogen-bond donors (Lipinski definition) is 3. The van der Waals surface area contributed by atoms with Gasteiger partial charge in [-0.05, 0) is 18.6 Å². The zero-order chi connectivity index (χ0) is 13.1. The van der Waals surface area contributed by atoms with Crippen molar-refractivity contribution in [2.75, 3.05) is 41.8 Å². The SMILES string of the molecule is CCCNc1cncc(NCCSCCCO)n1. The topological polar surface area (TPSA) is 70.1 Å². The van der Waals surface area contributed by atoms with Crippen molar-refractivity contribution in [1.82, 2.24) is 9.97 Å². The average molecular weight is 270 g/mol. The molecule has 6 heteroatoms. The maximum Gasteiger partial charge on any atom is 0.146 e. The number of nitrogens with zero attached hydrogens (tertiary/aromatic N) is 2. The Bertz CT molecular complexity index is 325. The van der Waals surface area contributed by atoms with E-state index < -0.39 is 0 Å². The molecular formula is C12H22N4OS. The van der Waals surface area contributed by atoms with Crippen molar-refractivity contribution >= 4 is 23.4 Å². The standard InChI is InChI=1S/C12H22N4OS/c1-2-4-14-11-9-13-10-12(16-11)15-5-8-18-7-3-6-17/h9-10,17H,2-8H2,1H3,(H2,14,15,16). The molecule has 0 aliphatic rings. The summed E-state index contributed by atoms with van der Waals surface area (Å²) in [4.78, 5) is 8.55. The summed E-state index contributed by atoms with van der Waals surface area (Å²) < 4.78 is 0. The van der Waals surface area contributed by atoms with Crippen LogP contribution < -0.4 is 10.6 Å². The molecule has 0 fully saturated rings. The predicted molar refractivity (Wildman–Crippen MR) is 78.3 cm³/mol. The summed E-state index contributed by atoms with van der Waals surface area (Å²) in [6, 6.07) is 0. The Labute approximate surface area is 113 Å². The van der Waals surface area contributed by atoms with E-state index in [0.717, 1.165) is 49.1 Å². The minimum Gasteiger partial charge on any atom is -0.396 e. The molecule has 0 aliphatic heterocycles. The number of anilines is 2. The predicted octanol–water partition coefficient (Wildman–Crippen LogP) is 1.83. The minimum atomic E-state index is 0.275. The second-order valence-corrected chi connectivity index (χ2v) is 5.06. The third-order valence-electron chi connectivity index (χ3n) is 2.19. The fraction of sp³-hybridized carbons (Fsp3) is 0.667. The molecule has 1 aromatic rings. The lowest BCUT2D eigenvalue weighted by Crippen LogP contribution is -2.09. The highest BCUT2D eigenvalue weighted by Crippen LogP contribution is 2.07. The van der Waals surface area contributed by atoms with Gasteiger partial charge in [0.1, 0.15) is 11.6 Å². The highest BCUT2D eigenvalue weighted by atomic mass is 32.2. The summed E-state index contributed by atoms with van der Waals surface area (Å²) in [6.07, 6.45) is 5.40. The quantitative estimate of drug-likeness (QED) is 0.563. The number of aliphatic hydroxyl groups is 1. The van der Waals surface area contributed by atoms with Crippen LogP contribution in [0.5, 0.6) is 0 Å². The van der Waals surface area contributed by atoms with Crippen LogP contribution in [0.15, 0.2) is 12.4 Å². The monoisotopic (exact) mass is 270 g/mol. The summed E-state index contributed by atoms with van der Waals surface area (Å²) in [5.74, 6) is 3.63. The molecule has 18 heavy (non-hydrogen) atoms. The van der Waals surface area contributed by atoms with Crippen LogP contribution >= 0.6 is 11.8 Å². The Balaban J connectivity index is 2.20. The van der Waals surface area contributed by atoms with E-state index in [1.165, 1.54) is 0 Å². The van der Waals surface area contributed by atoms with Gasteiger partial charge in [0, 0.05) is 25.4 Å². The summed E-state index contributed by atoms with van der Waals surface area (Å²) in [7, 11) is 0. The fourth-order valence-electron chi connectivity index (χ4n) is 1.31. The number of aliphatic hydroxyl groups excluding tert-OH is 1. The summed E-state index contributed by atoms with van der Waals surface area (Å²) in [6.45, 7) is 4.17. The molecule has 102 valence electrons. The van der Waals surface area contributed by atoms with Gasteiger partial charge in [0.25, 0.3) is 0 Å². The van der Waals surface area contributed by atoms with E-state index in [0.29, 0.717) is 0 Å². The van der Waals surface area contributed by atoms with Gasteiger partial charge in [-0.15, -0.1) is 0 Å². The molecule has 0 amide bonds. The van der Waals surface area contributed by atoms with E-state index in [2.05, 4.69) is 27.5 Å². The van der Waals surface area contributed by atoms with Crippen molar-refractivity contribution in [1.29, 1.82) is 0 Å². The molecule has 0 atom stereocenters. The molecular weight excluding hydrogens is 248 g/mol. The molecule has 0 saturated carbocycles. The maximum absolute atomic E-state index is 8.65. The summed E-state index contributed by atoms with van der Waals surface area (Å²) in [5.41, 5.74) is 0. The van der Waals surface area contributed by atoms with Crippen LogP contribution in [0.1, 0.15) is 19.8 Å². The highest BCUT2D eigenvalue weighted by molar-refractivity contribution is 7.99. The number of nitrogens with one attached hydrogen (secondary N) is 2. The van der Waals surface area contributed by atoms with Gasteiger partial charge in [-0.3, -0.25) is 4.98 Å². The second-order valence-electron chi connectivity index (χ2n) is 3.83. The van der Waals surface area contributed by atoms with E-state index in [-0.39, 0.29) is 6.61 Å². The van der Waals surface area contributed by atoms with E-state index in [1.54, 1.807) is 12.4 Å².